The van der Waals surface area contributed by atoms with E-state index >= 15 is 0 Å². The molecule has 3 aliphatic carbocycles. The van der Waals surface area contributed by atoms with Gasteiger partial charge in [0.1, 0.15) is 0 Å². The Hall–Kier alpha value is -0.0400. The summed E-state index contributed by atoms with van der Waals surface area (Å²) in [7, 11) is 2.08. The van der Waals surface area contributed by atoms with Gasteiger partial charge in [0.15, 0.2) is 0 Å². The van der Waals surface area contributed by atoms with Gasteiger partial charge in [-0.25, -0.2) is 0 Å². The summed E-state index contributed by atoms with van der Waals surface area (Å²) < 4.78 is 0. The lowest BCUT2D eigenvalue weighted by Crippen LogP contribution is -2.64. The van der Waals surface area contributed by atoms with E-state index in [9.17, 15) is 0 Å². The molecule has 3 saturated carbocycles. The van der Waals surface area contributed by atoms with Crippen LogP contribution in [-0.4, -0.2) is 13.6 Å². The van der Waals surface area contributed by atoms with E-state index in [-0.39, 0.29) is 0 Å². The Morgan fingerprint density at radius 2 is 1.82 bits per heavy atom. The molecule has 0 radical (unpaired) electrons. The second-order valence-corrected chi connectivity index (χ2v) is 4.81. The predicted molar refractivity (Wildman–Crippen MR) is 47.6 cm³/mol. The minimum absolute atomic E-state index is 0.768. The molecule has 11 heavy (non-hydrogen) atoms. The van der Waals surface area contributed by atoms with Crippen LogP contribution < -0.4 is 5.32 Å². The van der Waals surface area contributed by atoms with E-state index in [1.807, 2.05) is 0 Å². The van der Waals surface area contributed by atoms with Gasteiger partial charge in [-0.1, -0.05) is 13.3 Å². The van der Waals surface area contributed by atoms with Crippen molar-refractivity contribution in [2.75, 3.05) is 13.6 Å². The Kier molecular flexibility index (Phi) is 1.54. The fourth-order valence-electron chi connectivity index (χ4n) is 3.59. The van der Waals surface area contributed by atoms with Crippen LogP contribution in [0, 0.1) is 10.8 Å². The fraction of sp³-hybridized carbons (Fsp3) is 1.00. The third-order valence-corrected chi connectivity index (χ3v) is 3.58. The third kappa shape index (κ3) is 0.936. The third-order valence-electron chi connectivity index (χ3n) is 3.58. The first-order valence-electron chi connectivity index (χ1n) is 4.89. The largest absolute Gasteiger partial charge is 0.319 e. The SMILES string of the molecule is CCCC12CC(CNC)(C1)C2. The summed E-state index contributed by atoms with van der Waals surface area (Å²) in [6.45, 7) is 3.57. The van der Waals surface area contributed by atoms with Crippen LogP contribution in [0.15, 0.2) is 0 Å². The van der Waals surface area contributed by atoms with E-state index in [2.05, 4.69) is 19.3 Å². The van der Waals surface area contributed by atoms with Crippen molar-refractivity contribution in [1.82, 2.24) is 5.32 Å². The summed E-state index contributed by atoms with van der Waals surface area (Å²) in [5.41, 5.74) is 1.61. The zero-order valence-electron chi connectivity index (χ0n) is 7.74. The Balaban J connectivity index is 1.80. The molecule has 0 spiro atoms. The van der Waals surface area contributed by atoms with Gasteiger partial charge in [0.2, 0.25) is 0 Å². The molecule has 0 amide bonds. The van der Waals surface area contributed by atoms with E-state index in [1.54, 1.807) is 0 Å². The molecule has 0 heterocycles. The molecule has 2 bridgehead atoms. The van der Waals surface area contributed by atoms with E-state index in [4.69, 9.17) is 0 Å². The van der Waals surface area contributed by atoms with Gasteiger partial charge in [0, 0.05) is 6.54 Å². The normalized spacial score (nSPS) is 46.4. The van der Waals surface area contributed by atoms with E-state index in [0.717, 1.165) is 10.8 Å². The lowest BCUT2D eigenvalue weighted by atomic mass is 9.34. The first kappa shape index (κ1) is 7.60. The molecule has 64 valence electrons. The van der Waals surface area contributed by atoms with Crippen molar-refractivity contribution in [2.45, 2.75) is 39.0 Å². The van der Waals surface area contributed by atoms with Crippen molar-refractivity contribution < 1.29 is 0 Å². The van der Waals surface area contributed by atoms with Crippen LogP contribution in [0.5, 0.6) is 0 Å². The standard InChI is InChI=1S/C10H19N/c1-3-4-9-5-10(6-9,7-9)8-11-2/h11H,3-8H2,1-2H3. The second-order valence-electron chi connectivity index (χ2n) is 4.81. The summed E-state index contributed by atoms with van der Waals surface area (Å²) >= 11 is 0. The van der Waals surface area contributed by atoms with Gasteiger partial charge in [0.05, 0.1) is 0 Å². The van der Waals surface area contributed by atoms with Crippen LogP contribution in [0.4, 0.5) is 0 Å². The second kappa shape index (κ2) is 2.22. The zero-order valence-corrected chi connectivity index (χ0v) is 7.74. The molecule has 1 heteroatoms. The minimum atomic E-state index is 0.768. The molecule has 0 aromatic carbocycles. The first-order chi connectivity index (χ1) is 5.24. The van der Waals surface area contributed by atoms with E-state index in [1.165, 1.54) is 38.6 Å². The summed E-state index contributed by atoms with van der Waals surface area (Å²) in [6, 6.07) is 0. The lowest BCUT2D eigenvalue weighted by molar-refractivity contribution is -0.203. The fourth-order valence-corrected chi connectivity index (χ4v) is 3.59. The molecule has 3 rings (SSSR count). The smallest absolute Gasteiger partial charge is 0.000542 e. The van der Waals surface area contributed by atoms with Crippen LogP contribution in [0.3, 0.4) is 0 Å². The van der Waals surface area contributed by atoms with Crippen molar-refractivity contribution in [1.29, 1.82) is 0 Å². The predicted octanol–water partition coefficient (Wildman–Crippen LogP) is 2.18. The molecule has 3 aliphatic rings. The lowest BCUT2D eigenvalue weighted by Gasteiger charge is -2.71. The molecule has 0 aromatic heterocycles. The van der Waals surface area contributed by atoms with Gasteiger partial charge in [-0.3, -0.25) is 0 Å². The van der Waals surface area contributed by atoms with Gasteiger partial charge >= 0.3 is 0 Å². The number of nitrogens with one attached hydrogen (secondary N) is 1. The number of hydrogen-bond donors (Lipinski definition) is 1. The van der Waals surface area contributed by atoms with Gasteiger partial charge in [-0.05, 0) is 43.6 Å². The van der Waals surface area contributed by atoms with Crippen molar-refractivity contribution in [3.63, 3.8) is 0 Å². The molecule has 3 fully saturated rings. The molecule has 0 aromatic rings. The van der Waals surface area contributed by atoms with Crippen LogP contribution in [0.2, 0.25) is 0 Å². The van der Waals surface area contributed by atoms with Crippen LogP contribution in [0.25, 0.3) is 0 Å². The highest BCUT2D eigenvalue weighted by atomic mass is 14.9. The van der Waals surface area contributed by atoms with E-state index in [0.29, 0.717) is 0 Å². The molecular formula is C10H19N. The Bertz CT molecular complexity index is 126. The number of hydrogen-bond acceptors (Lipinski definition) is 1. The molecular weight excluding hydrogens is 134 g/mol. The quantitative estimate of drug-likeness (QED) is 0.652. The molecule has 1 N–H and O–H groups in total. The first-order valence-corrected chi connectivity index (χ1v) is 4.89. The minimum Gasteiger partial charge on any atom is -0.319 e. The highest BCUT2D eigenvalue weighted by Gasteiger charge is 2.65. The van der Waals surface area contributed by atoms with Gasteiger partial charge in [0.25, 0.3) is 0 Å². The number of rotatable bonds is 4. The topological polar surface area (TPSA) is 12.0 Å². The maximum absolute atomic E-state index is 3.31. The van der Waals surface area contributed by atoms with Gasteiger partial charge < -0.3 is 5.32 Å². The maximum Gasteiger partial charge on any atom is 0.000542 e. The van der Waals surface area contributed by atoms with Crippen molar-refractivity contribution >= 4 is 0 Å². The van der Waals surface area contributed by atoms with Crippen LogP contribution in [-0.2, 0) is 0 Å². The molecule has 0 atom stereocenters. The van der Waals surface area contributed by atoms with Gasteiger partial charge in [-0.2, -0.15) is 0 Å². The maximum atomic E-state index is 3.31. The Morgan fingerprint density at radius 1 is 1.18 bits per heavy atom. The summed E-state index contributed by atoms with van der Waals surface area (Å²) in [4.78, 5) is 0. The molecule has 0 unspecified atom stereocenters. The Morgan fingerprint density at radius 3 is 2.27 bits per heavy atom. The van der Waals surface area contributed by atoms with Crippen LogP contribution in [0.1, 0.15) is 39.0 Å². The molecule has 0 aliphatic heterocycles. The zero-order chi connectivity index (χ0) is 7.95. The summed E-state index contributed by atoms with van der Waals surface area (Å²) in [5.74, 6) is 0. The van der Waals surface area contributed by atoms with Crippen LogP contribution >= 0.6 is 0 Å². The van der Waals surface area contributed by atoms with Crippen molar-refractivity contribution in [3.8, 4) is 0 Å². The van der Waals surface area contributed by atoms with Crippen molar-refractivity contribution in [2.24, 2.45) is 10.8 Å². The Labute approximate surface area is 69.6 Å². The summed E-state index contributed by atoms with van der Waals surface area (Å²) in [6.07, 6.45) is 7.44. The average molecular weight is 153 g/mol. The average Bonchev–Trinajstić information content (AvgIpc) is 1.81. The van der Waals surface area contributed by atoms with E-state index < -0.39 is 0 Å². The van der Waals surface area contributed by atoms with Crippen molar-refractivity contribution in [3.05, 3.63) is 0 Å². The molecule has 1 nitrogen and oxygen atoms in total. The molecule has 0 saturated heterocycles. The highest BCUT2D eigenvalue weighted by molar-refractivity contribution is 5.17. The monoisotopic (exact) mass is 153 g/mol. The van der Waals surface area contributed by atoms with Gasteiger partial charge in [-0.15, -0.1) is 0 Å². The highest BCUT2D eigenvalue weighted by Crippen LogP contribution is 2.74. The summed E-state index contributed by atoms with van der Waals surface area (Å²) in [5, 5.41) is 3.31.